The number of phenolic OH excluding ortho intramolecular Hbond substituents is 5. The third kappa shape index (κ3) is 19.3. The molecule has 5 N–H and O–H groups in total. The minimum atomic E-state index is -0.296. The van der Waals surface area contributed by atoms with Gasteiger partial charge in [0.05, 0.1) is 26.4 Å². The molecular formula is C71H102O11. The molecule has 0 spiro atoms. The molecule has 0 fully saturated rings. The number of phenols is 5. The fourth-order valence-corrected chi connectivity index (χ4v) is 10.6. The van der Waals surface area contributed by atoms with E-state index in [2.05, 4.69) is 108 Å². The van der Waals surface area contributed by atoms with E-state index in [-0.39, 0.29) is 90.1 Å². The molecule has 0 saturated carbocycles. The van der Waals surface area contributed by atoms with Gasteiger partial charge in [0.1, 0.15) is 42.0 Å². The number of esters is 2. The monoisotopic (exact) mass is 1130 g/mol. The molecule has 0 aliphatic heterocycles. The van der Waals surface area contributed by atoms with E-state index >= 15 is 0 Å². The lowest BCUT2D eigenvalue weighted by atomic mass is 9.74. The van der Waals surface area contributed by atoms with E-state index in [0.717, 1.165) is 73.2 Å². The fraction of sp³-hybridized carbons (Fsp3) is 0.549. The van der Waals surface area contributed by atoms with Gasteiger partial charge in [-0.05, 0) is 189 Å². The highest BCUT2D eigenvalue weighted by Gasteiger charge is 2.31. The van der Waals surface area contributed by atoms with E-state index in [1.165, 1.54) is 16.7 Å². The third-order valence-electron chi connectivity index (χ3n) is 15.4. The van der Waals surface area contributed by atoms with Crippen LogP contribution in [0.5, 0.6) is 28.7 Å². The van der Waals surface area contributed by atoms with Crippen molar-refractivity contribution in [2.75, 3.05) is 39.6 Å². The number of hydrogen-bond donors (Lipinski definition) is 5. The maximum Gasteiger partial charge on any atom is 0.306 e. The van der Waals surface area contributed by atoms with Gasteiger partial charge in [0, 0.05) is 18.8 Å². The number of carbonyl (C=O) groups excluding carboxylic acids is 2. The van der Waals surface area contributed by atoms with E-state index in [9.17, 15) is 35.1 Å². The number of benzene rings is 5. The Morgan fingerprint density at radius 3 is 1.00 bits per heavy atom. The van der Waals surface area contributed by atoms with E-state index in [4.69, 9.17) is 18.9 Å². The van der Waals surface area contributed by atoms with Gasteiger partial charge in [-0.25, -0.2) is 0 Å². The first-order valence-corrected chi connectivity index (χ1v) is 29.4. The van der Waals surface area contributed by atoms with Crippen molar-refractivity contribution in [2.24, 2.45) is 0 Å². The number of ether oxygens (including phenoxy) is 4. The molecule has 5 aromatic carbocycles. The molecule has 0 aromatic heterocycles. The summed E-state index contributed by atoms with van der Waals surface area (Å²) in [7, 11) is 0. The van der Waals surface area contributed by atoms with Crippen molar-refractivity contribution in [1.82, 2.24) is 0 Å². The van der Waals surface area contributed by atoms with Crippen LogP contribution < -0.4 is 0 Å². The van der Waals surface area contributed by atoms with E-state index in [1.54, 1.807) is 0 Å². The van der Waals surface area contributed by atoms with Gasteiger partial charge >= 0.3 is 11.9 Å². The highest BCUT2D eigenvalue weighted by molar-refractivity contribution is 5.70. The van der Waals surface area contributed by atoms with Crippen molar-refractivity contribution in [2.45, 2.75) is 216 Å². The zero-order valence-electron chi connectivity index (χ0n) is 53.9. The lowest BCUT2D eigenvalue weighted by Crippen LogP contribution is -2.17. The predicted molar refractivity (Wildman–Crippen MR) is 333 cm³/mol. The summed E-state index contributed by atoms with van der Waals surface area (Å²) in [6, 6.07) is 20.1. The second kappa shape index (κ2) is 28.0. The summed E-state index contributed by atoms with van der Waals surface area (Å²) in [6.07, 6.45) is 2.43. The Labute approximate surface area is 492 Å². The van der Waals surface area contributed by atoms with E-state index in [0.29, 0.717) is 54.8 Å². The number of aryl methyl sites for hydroxylation is 7. The van der Waals surface area contributed by atoms with Crippen LogP contribution in [-0.4, -0.2) is 77.1 Å². The standard InChI is InChI=1S/C37H52O3.C34H50O8/c1-21(25-18-29(35(5,6)7)32(38)15-22(25)2)14-28(26-19-30(36(8,9)10)33(39)16-23(26)3)27-20-31(37(11,12)13)34(40)17-24(27)4;1-23-19-25(21-27(31(23)37)33(3,4)5)9-11-29(35)41-17-15-39-13-14-40-16-18-42-30(36)12-10-26-20-24(2)32(38)28(22-26)34(6,7)8/h15-21,28,38-40H,14H2,1-13H3;19-22,37-38H,9-18H2,1-8H3. The molecule has 82 heavy (non-hydrogen) atoms. The van der Waals surface area contributed by atoms with Crippen LogP contribution in [0, 0.1) is 34.6 Å². The van der Waals surface area contributed by atoms with Crippen molar-refractivity contribution in [3.8, 4) is 28.7 Å². The molecular weight excluding hydrogens is 1030 g/mol. The average molecular weight is 1130 g/mol. The minimum Gasteiger partial charge on any atom is -0.508 e. The van der Waals surface area contributed by atoms with Gasteiger partial charge in [0.2, 0.25) is 0 Å². The molecule has 11 nitrogen and oxygen atoms in total. The van der Waals surface area contributed by atoms with Crippen LogP contribution in [0.15, 0.2) is 60.7 Å². The maximum atomic E-state index is 12.1. The molecule has 0 aliphatic carbocycles. The van der Waals surface area contributed by atoms with Gasteiger partial charge in [-0.2, -0.15) is 0 Å². The van der Waals surface area contributed by atoms with Crippen molar-refractivity contribution < 1.29 is 54.1 Å². The Kier molecular flexibility index (Phi) is 23.4. The highest BCUT2D eigenvalue weighted by Crippen LogP contribution is 2.46. The van der Waals surface area contributed by atoms with Gasteiger partial charge in [-0.1, -0.05) is 153 Å². The molecule has 0 bridgehead atoms. The molecule has 5 aromatic rings. The molecule has 452 valence electrons. The van der Waals surface area contributed by atoms with Crippen LogP contribution in [0.3, 0.4) is 0 Å². The predicted octanol–water partition coefficient (Wildman–Crippen LogP) is 15.9. The summed E-state index contributed by atoms with van der Waals surface area (Å²) in [5.74, 6) is 1.29. The van der Waals surface area contributed by atoms with Crippen molar-refractivity contribution >= 4 is 11.9 Å². The zero-order chi connectivity index (χ0) is 62.0. The van der Waals surface area contributed by atoms with Crippen LogP contribution in [0.25, 0.3) is 0 Å². The van der Waals surface area contributed by atoms with Crippen LogP contribution in [0.2, 0.25) is 0 Å². The van der Waals surface area contributed by atoms with Gasteiger partial charge in [0.15, 0.2) is 0 Å². The lowest BCUT2D eigenvalue weighted by Gasteiger charge is -2.31. The van der Waals surface area contributed by atoms with Crippen LogP contribution in [-0.2, 0) is 68.5 Å². The second-order valence-electron chi connectivity index (χ2n) is 27.9. The normalized spacial score (nSPS) is 12.8. The Balaban J connectivity index is 0.000000353. The Hall–Kier alpha value is -6.04. The molecule has 0 saturated heterocycles. The zero-order valence-corrected chi connectivity index (χ0v) is 53.9. The topological polar surface area (TPSA) is 172 Å². The average Bonchev–Trinajstić information content (AvgIpc) is 3.51. The van der Waals surface area contributed by atoms with Crippen LogP contribution in [0.1, 0.15) is 225 Å². The molecule has 0 radical (unpaired) electrons. The van der Waals surface area contributed by atoms with Gasteiger partial charge in [-0.3, -0.25) is 9.59 Å². The number of rotatable bonds is 20. The Bertz CT molecular complexity index is 2820. The van der Waals surface area contributed by atoms with Crippen molar-refractivity contribution in [1.29, 1.82) is 0 Å². The molecule has 0 amide bonds. The summed E-state index contributed by atoms with van der Waals surface area (Å²) in [6.45, 7) is 45.3. The SMILES string of the molecule is Cc1cc(CCC(=O)OCCOCCOCCOC(=O)CCc2cc(C)c(O)c(C(C)(C)C)c2)cc(C(C)(C)C)c1O.Cc1cc(O)c(C(C)(C)C)cc1C(C)CC(c1cc(C(C)(C)C)c(O)cc1C)c1cc(C(C)(C)C)c(O)cc1C. The lowest BCUT2D eigenvalue weighted by molar-refractivity contribution is -0.146. The van der Waals surface area contributed by atoms with Crippen LogP contribution >= 0.6 is 0 Å². The third-order valence-corrected chi connectivity index (χ3v) is 15.4. The summed E-state index contributed by atoms with van der Waals surface area (Å²) in [5, 5.41) is 53.3. The highest BCUT2D eigenvalue weighted by atomic mass is 16.6. The summed E-state index contributed by atoms with van der Waals surface area (Å²) >= 11 is 0. The summed E-state index contributed by atoms with van der Waals surface area (Å²) in [4.78, 5) is 24.2. The van der Waals surface area contributed by atoms with Gasteiger partial charge < -0.3 is 44.5 Å². The summed E-state index contributed by atoms with van der Waals surface area (Å²) in [5.41, 5.74) is 14.1. The minimum absolute atomic E-state index is 0.0460. The first-order chi connectivity index (χ1) is 37.7. The van der Waals surface area contributed by atoms with Crippen LogP contribution in [0.4, 0.5) is 0 Å². The van der Waals surface area contributed by atoms with Gasteiger partial charge in [-0.15, -0.1) is 0 Å². The van der Waals surface area contributed by atoms with Crippen molar-refractivity contribution in [3.05, 3.63) is 144 Å². The smallest absolute Gasteiger partial charge is 0.306 e. The van der Waals surface area contributed by atoms with Crippen molar-refractivity contribution in [3.63, 3.8) is 0 Å². The van der Waals surface area contributed by atoms with E-state index in [1.807, 2.05) is 97.9 Å². The quantitative estimate of drug-likeness (QED) is 0.0371. The molecule has 1 unspecified atom stereocenters. The van der Waals surface area contributed by atoms with E-state index < -0.39 is 0 Å². The summed E-state index contributed by atoms with van der Waals surface area (Å²) < 4.78 is 21.4. The maximum absolute atomic E-state index is 12.1. The number of aromatic hydroxyl groups is 5. The molecule has 0 heterocycles. The number of carbonyl (C=O) groups is 2. The fourth-order valence-electron chi connectivity index (χ4n) is 10.6. The Morgan fingerprint density at radius 1 is 0.390 bits per heavy atom. The molecule has 0 aliphatic rings. The first-order valence-electron chi connectivity index (χ1n) is 29.4. The largest absolute Gasteiger partial charge is 0.508 e. The molecule has 1 atom stereocenters. The van der Waals surface area contributed by atoms with Gasteiger partial charge in [0.25, 0.3) is 0 Å². The molecule has 5 rings (SSSR count). The second-order valence-corrected chi connectivity index (χ2v) is 27.9. The Morgan fingerprint density at radius 2 is 0.683 bits per heavy atom. The number of hydrogen-bond acceptors (Lipinski definition) is 11. The first kappa shape index (κ1) is 68.5. The molecule has 11 heteroatoms.